The lowest BCUT2D eigenvalue weighted by atomic mass is 9.92. The van der Waals surface area contributed by atoms with Crippen LogP contribution in [0.3, 0.4) is 0 Å². The van der Waals surface area contributed by atoms with Gasteiger partial charge in [0.15, 0.2) is 0 Å². The molecule has 1 fully saturated rings. The number of terminal acetylenes is 1. The zero-order valence-electron chi connectivity index (χ0n) is 17.5. The highest BCUT2D eigenvalue weighted by molar-refractivity contribution is 5.03. The largest absolute Gasteiger partial charge is 0.120 e. The Kier molecular flexibility index (Phi) is 33.7. The molecule has 0 radical (unpaired) electrons. The minimum Gasteiger partial charge on any atom is -0.120 e. The van der Waals surface area contributed by atoms with E-state index in [1.54, 1.807) is 0 Å². The molecule has 3 unspecified atom stereocenters. The Labute approximate surface area is 144 Å². The van der Waals surface area contributed by atoms with Gasteiger partial charge in [0.2, 0.25) is 0 Å². The van der Waals surface area contributed by atoms with Crippen LogP contribution >= 0.6 is 0 Å². The molecule has 0 bridgehead atoms. The number of rotatable bonds is 2. The molecular weight excluding hydrogens is 264 g/mol. The molecular formula is C22H46. The minimum atomic E-state index is 0.503. The normalized spacial score (nSPS) is 21.3. The van der Waals surface area contributed by atoms with Gasteiger partial charge >= 0.3 is 0 Å². The standard InChI is InChI=1S/C10H14.C5H12.C3H8.2C2H6/c1-4-9-6-7-10(5-2)8(9)3;1-4-5(2)3;1-3-2;2*1-2/h1,5,8-10H,2,6-7H2,3H3;5H,4H2,1-3H3;3H2,1-2H3;2*1-2H3. The molecule has 0 saturated heterocycles. The lowest BCUT2D eigenvalue weighted by molar-refractivity contribution is 0.449. The Hall–Kier alpha value is -0.700. The van der Waals surface area contributed by atoms with Gasteiger partial charge in [-0.2, -0.15) is 0 Å². The van der Waals surface area contributed by atoms with Crippen molar-refractivity contribution >= 4 is 0 Å². The van der Waals surface area contributed by atoms with Gasteiger partial charge in [-0.1, -0.05) is 88.2 Å². The molecule has 1 saturated carbocycles. The van der Waals surface area contributed by atoms with E-state index in [1.807, 2.05) is 33.8 Å². The summed E-state index contributed by atoms with van der Waals surface area (Å²) in [5.41, 5.74) is 0. The molecule has 22 heavy (non-hydrogen) atoms. The Morgan fingerprint density at radius 3 is 1.59 bits per heavy atom. The predicted molar refractivity (Wildman–Crippen MR) is 108 cm³/mol. The molecule has 0 heterocycles. The van der Waals surface area contributed by atoms with E-state index in [1.165, 1.54) is 25.7 Å². The first-order valence-electron chi connectivity index (χ1n) is 9.56. The van der Waals surface area contributed by atoms with Gasteiger partial charge in [0, 0.05) is 5.92 Å². The van der Waals surface area contributed by atoms with Gasteiger partial charge in [0.05, 0.1) is 0 Å². The highest BCUT2D eigenvalue weighted by Crippen LogP contribution is 2.36. The minimum absolute atomic E-state index is 0.503. The van der Waals surface area contributed by atoms with E-state index in [4.69, 9.17) is 6.42 Å². The molecule has 0 aromatic heterocycles. The molecule has 1 rings (SSSR count). The summed E-state index contributed by atoms with van der Waals surface area (Å²) < 4.78 is 0. The second kappa shape index (κ2) is 25.3. The molecule has 0 amide bonds. The second-order valence-electron chi connectivity index (χ2n) is 5.62. The lowest BCUT2D eigenvalue weighted by Gasteiger charge is -2.12. The number of hydrogen-bond acceptors (Lipinski definition) is 0. The Morgan fingerprint density at radius 2 is 1.45 bits per heavy atom. The summed E-state index contributed by atoms with van der Waals surface area (Å²) in [5.74, 6) is 5.54. The van der Waals surface area contributed by atoms with Crippen LogP contribution in [0.25, 0.3) is 0 Å². The van der Waals surface area contributed by atoms with Crippen molar-refractivity contribution in [3.63, 3.8) is 0 Å². The van der Waals surface area contributed by atoms with Crippen molar-refractivity contribution in [1.29, 1.82) is 0 Å². The third-order valence-electron chi connectivity index (χ3n) is 3.45. The van der Waals surface area contributed by atoms with E-state index in [9.17, 15) is 0 Å². The van der Waals surface area contributed by atoms with E-state index >= 15 is 0 Å². The molecule has 0 nitrogen and oxygen atoms in total. The topological polar surface area (TPSA) is 0 Å². The van der Waals surface area contributed by atoms with Crippen LogP contribution in [-0.4, -0.2) is 0 Å². The van der Waals surface area contributed by atoms with E-state index in [0.717, 1.165) is 5.92 Å². The zero-order valence-corrected chi connectivity index (χ0v) is 17.5. The second-order valence-corrected chi connectivity index (χ2v) is 5.62. The van der Waals surface area contributed by atoms with Gasteiger partial charge in [-0.15, -0.1) is 18.9 Å². The third kappa shape index (κ3) is 19.3. The maximum atomic E-state index is 5.36. The summed E-state index contributed by atoms with van der Waals surface area (Å²) in [6.45, 7) is 24.9. The SMILES string of the molecule is C#CC1CCC(C=C)C1C.CC.CC.CCC.CCC(C)C. The molecule has 0 N–H and O–H groups in total. The van der Waals surface area contributed by atoms with Crippen LogP contribution in [0.4, 0.5) is 0 Å². The first-order chi connectivity index (χ1) is 10.5. The highest BCUT2D eigenvalue weighted by Gasteiger charge is 2.28. The van der Waals surface area contributed by atoms with Gasteiger partial charge in [-0.05, 0) is 30.6 Å². The van der Waals surface area contributed by atoms with E-state index in [2.05, 4.69) is 54.0 Å². The quantitative estimate of drug-likeness (QED) is 0.358. The van der Waals surface area contributed by atoms with Crippen LogP contribution in [0.15, 0.2) is 12.7 Å². The highest BCUT2D eigenvalue weighted by atomic mass is 14.3. The van der Waals surface area contributed by atoms with Gasteiger partial charge in [0.1, 0.15) is 0 Å². The number of hydrogen-bond donors (Lipinski definition) is 0. The van der Waals surface area contributed by atoms with Crippen LogP contribution < -0.4 is 0 Å². The fourth-order valence-corrected chi connectivity index (χ4v) is 1.76. The van der Waals surface area contributed by atoms with Crippen molar-refractivity contribution in [3.8, 4) is 12.3 Å². The lowest BCUT2D eigenvalue weighted by Crippen LogP contribution is -2.06. The molecule has 0 heteroatoms. The van der Waals surface area contributed by atoms with Gasteiger partial charge in [0.25, 0.3) is 0 Å². The van der Waals surface area contributed by atoms with Crippen LogP contribution in [0.2, 0.25) is 0 Å². The summed E-state index contributed by atoms with van der Waals surface area (Å²) in [4.78, 5) is 0. The molecule has 1 aliphatic rings. The molecule has 1 aliphatic carbocycles. The number of allylic oxidation sites excluding steroid dienone is 1. The summed E-state index contributed by atoms with van der Waals surface area (Å²) in [7, 11) is 0. The van der Waals surface area contributed by atoms with E-state index in [-0.39, 0.29) is 0 Å². The maximum absolute atomic E-state index is 5.36. The Balaban J connectivity index is -0.000000115. The summed E-state index contributed by atoms with van der Waals surface area (Å²) in [6.07, 6.45) is 12.4. The fraction of sp³-hybridized carbons (Fsp3) is 0.818. The van der Waals surface area contributed by atoms with Crippen molar-refractivity contribution < 1.29 is 0 Å². The Bertz CT molecular complexity index is 219. The van der Waals surface area contributed by atoms with E-state index in [0.29, 0.717) is 17.8 Å². The molecule has 0 aromatic carbocycles. The molecule has 0 aromatic rings. The van der Waals surface area contributed by atoms with Crippen molar-refractivity contribution in [1.82, 2.24) is 0 Å². The van der Waals surface area contributed by atoms with E-state index < -0.39 is 0 Å². The molecule has 0 aliphatic heterocycles. The van der Waals surface area contributed by atoms with Crippen molar-refractivity contribution in [2.24, 2.45) is 23.7 Å². The zero-order chi connectivity index (χ0) is 18.6. The average molecular weight is 311 g/mol. The predicted octanol–water partition coefficient (Wildman–Crippen LogP) is 7.99. The summed E-state index contributed by atoms with van der Waals surface area (Å²) >= 11 is 0. The first kappa shape index (κ1) is 29.3. The van der Waals surface area contributed by atoms with Crippen molar-refractivity contribution in [2.75, 3.05) is 0 Å². The maximum Gasteiger partial charge on any atom is 0.0231 e. The van der Waals surface area contributed by atoms with Crippen molar-refractivity contribution in [3.05, 3.63) is 12.7 Å². The first-order valence-corrected chi connectivity index (χ1v) is 9.56. The van der Waals surface area contributed by atoms with Gasteiger partial charge in [-0.25, -0.2) is 0 Å². The fourth-order valence-electron chi connectivity index (χ4n) is 1.76. The van der Waals surface area contributed by atoms with Crippen LogP contribution in [0.5, 0.6) is 0 Å². The van der Waals surface area contributed by atoms with Crippen LogP contribution in [0.1, 0.15) is 94.9 Å². The summed E-state index contributed by atoms with van der Waals surface area (Å²) in [5, 5.41) is 0. The molecule has 134 valence electrons. The monoisotopic (exact) mass is 310 g/mol. The van der Waals surface area contributed by atoms with Crippen LogP contribution in [0, 0.1) is 36.0 Å². The smallest absolute Gasteiger partial charge is 0.0231 e. The molecule has 3 atom stereocenters. The van der Waals surface area contributed by atoms with Crippen molar-refractivity contribution in [2.45, 2.75) is 94.9 Å². The third-order valence-corrected chi connectivity index (χ3v) is 3.45. The van der Waals surface area contributed by atoms with Gasteiger partial charge in [-0.3, -0.25) is 0 Å². The average Bonchev–Trinajstić information content (AvgIpc) is 2.92. The molecule has 0 spiro atoms. The summed E-state index contributed by atoms with van der Waals surface area (Å²) in [6, 6.07) is 0. The Morgan fingerprint density at radius 1 is 1.09 bits per heavy atom. The van der Waals surface area contributed by atoms with Crippen LogP contribution in [-0.2, 0) is 0 Å². The van der Waals surface area contributed by atoms with Gasteiger partial charge < -0.3 is 0 Å².